The Morgan fingerprint density at radius 3 is 2.67 bits per heavy atom. The number of hydrogen-bond donors (Lipinski definition) is 0. The van der Waals surface area contributed by atoms with Crippen molar-refractivity contribution in [3.05, 3.63) is 28.8 Å². The molecule has 1 aromatic rings. The van der Waals surface area contributed by atoms with Crippen LogP contribution in [0.4, 0.5) is 0 Å². The molecule has 0 radical (unpaired) electrons. The van der Waals surface area contributed by atoms with Crippen LogP contribution >= 0.6 is 11.6 Å². The Bertz CT molecular complexity index is 475. The number of sulfone groups is 1. The topological polar surface area (TPSA) is 34.1 Å². The molecule has 1 fully saturated rings. The molecule has 0 amide bonds. The van der Waals surface area contributed by atoms with Gasteiger partial charge in [-0.2, -0.15) is 0 Å². The fraction of sp³-hybridized carbons (Fsp3) is 0.455. The zero-order valence-corrected chi connectivity index (χ0v) is 10.1. The highest BCUT2D eigenvalue weighted by Gasteiger charge is 2.30. The Morgan fingerprint density at radius 1 is 1.40 bits per heavy atom. The van der Waals surface area contributed by atoms with E-state index < -0.39 is 9.84 Å². The van der Waals surface area contributed by atoms with Crippen LogP contribution in [0.3, 0.4) is 0 Å². The summed E-state index contributed by atoms with van der Waals surface area (Å²) in [4.78, 5) is 0.288. The summed E-state index contributed by atoms with van der Waals surface area (Å²) in [6, 6.07) is 5.12. The van der Waals surface area contributed by atoms with Crippen LogP contribution in [0.5, 0.6) is 0 Å². The molecule has 1 aliphatic rings. The van der Waals surface area contributed by atoms with Crippen LogP contribution in [0.25, 0.3) is 0 Å². The van der Waals surface area contributed by atoms with Gasteiger partial charge in [0.1, 0.15) is 0 Å². The van der Waals surface area contributed by atoms with Gasteiger partial charge in [0.2, 0.25) is 0 Å². The van der Waals surface area contributed by atoms with Crippen molar-refractivity contribution >= 4 is 21.4 Å². The van der Waals surface area contributed by atoms with Crippen molar-refractivity contribution in [3.63, 3.8) is 0 Å². The van der Waals surface area contributed by atoms with E-state index in [1.165, 1.54) is 0 Å². The molecule has 0 N–H and O–H groups in total. The Labute approximate surface area is 95.2 Å². The van der Waals surface area contributed by atoms with Crippen LogP contribution < -0.4 is 0 Å². The minimum absolute atomic E-state index is 0.246. The van der Waals surface area contributed by atoms with Gasteiger partial charge in [-0.25, -0.2) is 8.42 Å². The van der Waals surface area contributed by atoms with Gasteiger partial charge in [-0.05, 0) is 43.4 Å². The molecule has 1 aliphatic carbocycles. The highest BCUT2D eigenvalue weighted by Crippen LogP contribution is 2.34. The highest BCUT2D eigenvalue weighted by atomic mass is 35.5. The normalized spacial score (nSPS) is 16.7. The quantitative estimate of drug-likeness (QED) is 0.820. The monoisotopic (exact) mass is 244 g/mol. The van der Waals surface area contributed by atoms with Crippen LogP contribution in [0.2, 0.25) is 5.02 Å². The van der Waals surface area contributed by atoms with Crippen LogP contribution in [-0.2, 0) is 9.84 Å². The lowest BCUT2D eigenvalue weighted by molar-refractivity contribution is 0.592. The van der Waals surface area contributed by atoms with Crippen LogP contribution in [-0.4, -0.2) is 14.2 Å². The lowest BCUT2D eigenvalue weighted by Gasteiger charge is -2.06. The molecule has 0 spiro atoms. The van der Waals surface area contributed by atoms with E-state index in [-0.39, 0.29) is 10.6 Å². The third-order valence-corrected chi connectivity index (χ3v) is 4.93. The molecule has 0 saturated heterocycles. The standard InChI is InChI=1S/C11H13ClO2S/c1-8-2-5-10(12)11(6-8)15(13,14)7-9-3-4-9/h2,5-6,9H,3-4,7H2,1H3. The summed E-state index contributed by atoms with van der Waals surface area (Å²) in [5, 5.41) is 0.334. The van der Waals surface area contributed by atoms with Crippen molar-refractivity contribution in [2.75, 3.05) is 5.75 Å². The van der Waals surface area contributed by atoms with Crippen molar-refractivity contribution in [3.8, 4) is 0 Å². The molecule has 82 valence electrons. The summed E-state index contributed by atoms with van der Waals surface area (Å²) < 4.78 is 23.9. The maximum atomic E-state index is 12.0. The van der Waals surface area contributed by atoms with Crippen molar-refractivity contribution in [2.45, 2.75) is 24.7 Å². The third-order valence-electron chi connectivity index (χ3n) is 2.57. The summed E-state index contributed by atoms with van der Waals surface area (Å²) >= 11 is 5.91. The molecular formula is C11H13ClO2S. The van der Waals surface area contributed by atoms with Crippen LogP contribution in [0.15, 0.2) is 23.1 Å². The van der Waals surface area contributed by atoms with Crippen molar-refractivity contribution < 1.29 is 8.42 Å². The number of halogens is 1. The van der Waals surface area contributed by atoms with E-state index in [1.807, 2.05) is 13.0 Å². The zero-order chi connectivity index (χ0) is 11.1. The van der Waals surface area contributed by atoms with E-state index in [0.717, 1.165) is 18.4 Å². The lowest BCUT2D eigenvalue weighted by Crippen LogP contribution is -2.09. The fourth-order valence-corrected chi connectivity index (χ4v) is 3.87. The van der Waals surface area contributed by atoms with Gasteiger partial charge < -0.3 is 0 Å². The number of benzene rings is 1. The molecule has 1 saturated carbocycles. The number of hydrogen-bond acceptors (Lipinski definition) is 2. The maximum absolute atomic E-state index is 12.0. The van der Waals surface area contributed by atoms with E-state index in [9.17, 15) is 8.42 Å². The fourth-order valence-electron chi connectivity index (χ4n) is 1.53. The molecule has 0 aliphatic heterocycles. The van der Waals surface area contributed by atoms with Gasteiger partial charge >= 0.3 is 0 Å². The first kappa shape index (κ1) is 11.0. The molecule has 0 atom stereocenters. The van der Waals surface area contributed by atoms with Crippen LogP contribution in [0, 0.1) is 12.8 Å². The van der Waals surface area contributed by atoms with E-state index in [1.54, 1.807) is 12.1 Å². The highest BCUT2D eigenvalue weighted by molar-refractivity contribution is 7.91. The first-order valence-corrected chi connectivity index (χ1v) is 7.01. The molecular weight excluding hydrogens is 232 g/mol. The third kappa shape index (κ3) is 2.52. The van der Waals surface area contributed by atoms with Crippen LogP contribution in [0.1, 0.15) is 18.4 Å². The summed E-state index contributed by atoms with van der Waals surface area (Å²) in [6.45, 7) is 1.87. The maximum Gasteiger partial charge on any atom is 0.180 e. The molecule has 0 unspecified atom stereocenters. The summed E-state index contributed by atoms with van der Waals surface area (Å²) in [7, 11) is -3.18. The summed E-state index contributed by atoms with van der Waals surface area (Å²) in [6.07, 6.45) is 2.06. The van der Waals surface area contributed by atoms with Gasteiger partial charge in [0, 0.05) is 0 Å². The summed E-state index contributed by atoms with van der Waals surface area (Å²) in [5.41, 5.74) is 0.925. The molecule has 0 heterocycles. The minimum Gasteiger partial charge on any atom is -0.224 e. The second-order valence-electron chi connectivity index (χ2n) is 4.16. The smallest absolute Gasteiger partial charge is 0.180 e. The number of aryl methyl sites for hydroxylation is 1. The van der Waals surface area contributed by atoms with Gasteiger partial charge in [-0.15, -0.1) is 0 Å². The predicted octanol–water partition coefficient (Wildman–Crippen LogP) is 2.83. The van der Waals surface area contributed by atoms with E-state index in [2.05, 4.69) is 0 Å². The lowest BCUT2D eigenvalue weighted by atomic mass is 10.2. The van der Waals surface area contributed by atoms with E-state index in [0.29, 0.717) is 10.9 Å². The molecule has 0 bridgehead atoms. The first-order chi connectivity index (χ1) is 6.99. The Kier molecular flexibility index (Phi) is 2.77. The average molecular weight is 245 g/mol. The molecule has 2 nitrogen and oxygen atoms in total. The Morgan fingerprint density at radius 2 is 2.07 bits per heavy atom. The van der Waals surface area contributed by atoms with Gasteiger partial charge in [0.05, 0.1) is 15.7 Å². The predicted molar refractivity (Wildman–Crippen MR) is 61.0 cm³/mol. The number of rotatable bonds is 3. The Hall–Kier alpha value is -0.540. The second-order valence-corrected chi connectivity index (χ2v) is 6.57. The second kappa shape index (κ2) is 3.80. The SMILES string of the molecule is Cc1ccc(Cl)c(S(=O)(=O)CC2CC2)c1. The van der Waals surface area contributed by atoms with Crippen molar-refractivity contribution in [1.29, 1.82) is 0 Å². The molecule has 4 heteroatoms. The van der Waals surface area contributed by atoms with Gasteiger partial charge in [0.15, 0.2) is 9.84 Å². The minimum atomic E-state index is -3.18. The van der Waals surface area contributed by atoms with E-state index >= 15 is 0 Å². The van der Waals surface area contributed by atoms with Gasteiger partial charge in [0.25, 0.3) is 0 Å². The molecule has 2 rings (SSSR count). The Balaban J connectivity index is 2.38. The van der Waals surface area contributed by atoms with Gasteiger partial charge in [-0.1, -0.05) is 17.7 Å². The summed E-state index contributed by atoms with van der Waals surface area (Å²) in [5.74, 6) is 0.600. The zero-order valence-electron chi connectivity index (χ0n) is 8.53. The first-order valence-electron chi connectivity index (χ1n) is 4.98. The van der Waals surface area contributed by atoms with Crippen molar-refractivity contribution in [2.24, 2.45) is 5.92 Å². The largest absolute Gasteiger partial charge is 0.224 e. The van der Waals surface area contributed by atoms with E-state index in [4.69, 9.17) is 11.6 Å². The molecule has 15 heavy (non-hydrogen) atoms. The van der Waals surface area contributed by atoms with Crippen molar-refractivity contribution in [1.82, 2.24) is 0 Å². The average Bonchev–Trinajstić information content (AvgIpc) is 2.92. The van der Waals surface area contributed by atoms with Gasteiger partial charge in [-0.3, -0.25) is 0 Å². The molecule has 1 aromatic carbocycles. The molecule has 0 aromatic heterocycles.